The Labute approximate surface area is 124 Å². The molecule has 0 spiro atoms. The van der Waals surface area contributed by atoms with Crippen molar-refractivity contribution in [3.63, 3.8) is 0 Å². The van der Waals surface area contributed by atoms with Crippen LogP contribution < -0.4 is 15.8 Å². The van der Waals surface area contributed by atoms with Gasteiger partial charge in [-0.1, -0.05) is 19.3 Å². The van der Waals surface area contributed by atoms with E-state index < -0.39 is 0 Å². The number of nitrogens with two attached hydrogens (primary N) is 1. The van der Waals surface area contributed by atoms with Crippen molar-refractivity contribution < 1.29 is 9.53 Å². The molecule has 1 aliphatic rings. The van der Waals surface area contributed by atoms with Gasteiger partial charge in [0.25, 0.3) is 5.91 Å². The lowest BCUT2D eigenvalue weighted by Gasteiger charge is -2.33. The van der Waals surface area contributed by atoms with E-state index in [0.717, 1.165) is 25.7 Å². The standard InChI is InChI=1S/C13H20N2O2S.ClH/c1-17-10-5-8-18-11(10)12(16)15-9-13(14)6-3-2-4-7-13;/h5,8H,2-4,6-7,9,14H2,1H3,(H,15,16);1H. The number of thiophene rings is 1. The SMILES string of the molecule is COc1ccsc1C(=O)NCC1(N)CCCCC1.Cl. The number of halogens is 1. The first-order valence-corrected chi connectivity index (χ1v) is 7.21. The van der Waals surface area contributed by atoms with Gasteiger partial charge in [-0.05, 0) is 24.3 Å². The van der Waals surface area contributed by atoms with E-state index in [1.807, 2.05) is 5.38 Å². The molecule has 0 bridgehead atoms. The highest BCUT2D eigenvalue weighted by Crippen LogP contribution is 2.26. The highest BCUT2D eigenvalue weighted by molar-refractivity contribution is 7.12. The summed E-state index contributed by atoms with van der Waals surface area (Å²) in [6.07, 6.45) is 5.57. The first kappa shape index (κ1) is 16.3. The molecule has 4 nitrogen and oxygen atoms in total. The van der Waals surface area contributed by atoms with Crippen molar-refractivity contribution in [2.45, 2.75) is 37.6 Å². The predicted molar refractivity (Wildman–Crippen MR) is 80.5 cm³/mol. The smallest absolute Gasteiger partial charge is 0.265 e. The molecule has 3 N–H and O–H groups in total. The van der Waals surface area contributed by atoms with E-state index >= 15 is 0 Å². The van der Waals surface area contributed by atoms with Crippen molar-refractivity contribution in [3.8, 4) is 5.75 Å². The van der Waals surface area contributed by atoms with Crippen molar-refractivity contribution >= 4 is 29.7 Å². The maximum atomic E-state index is 12.0. The van der Waals surface area contributed by atoms with Crippen molar-refractivity contribution in [3.05, 3.63) is 16.3 Å². The number of methoxy groups -OCH3 is 1. The summed E-state index contributed by atoms with van der Waals surface area (Å²) in [6, 6.07) is 1.80. The summed E-state index contributed by atoms with van der Waals surface area (Å²) < 4.78 is 5.14. The molecule has 0 saturated heterocycles. The third kappa shape index (κ3) is 4.09. The first-order chi connectivity index (χ1) is 8.64. The van der Waals surface area contributed by atoms with Gasteiger partial charge in [0, 0.05) is 12.1 Å². The summed E-state index contributed by atoms with van der Waals surface area (Å²) in [5.41, 5.74) is 6.06. The van der Waals surface area contributed by atoms with E-state index in [2.05, 4.69) is 5.32 Å². The third-order valence-corrected chi connectivity index (χ3v) is 4.40. The van der Waals surface area contributed by atoms with Crippen LogP contribution in [-0.2, 0) is 0 Å². The maximum absolute atomic E-state index is 12.0. The van der Waals surface area contributed by atoms with Crippen LogP contribution in [-0.4, -0.2) is 25.1 Å². The van der Waals surface area contributed by atoms with Crippen LogP contribution in [0, 0.1) is 0 Å². The molecule has 1 saturated carbocycles. The number of rotatable bonds is 4. The fraction of sp³-hybridized carbons (Fsp3) is 0.615. The van der Waals surface area contributed by atoms with Gasteiger partial charge in [-0.2, -0.15) is 0 Å². The predicted octanol–water partition coefficient (Wildman–Crippen LogP) is 2.57. The second-order valence-corrected chi connectivity index (χ2v) is 5.84. The van der Waals surface area contributed by atoms with E-state index in [9.17, 15) is 4.79 Å². The number of carbonyl (C=O) groups is 1. The van der Waals surface area contributed by atoms with E-state index in [0.29, 0.717) is 17.2 Å². The molecular weight excluding hydrogens is 284 g/mol. The maximum Gasteiger partial charge on any atom is 0.265 e. The number of ether oxygens (including phenoxy) is 1. The second kappa shape index (κ2) is 7.12. The topological polar surface area (TPSA) is 64.3 Å². The number of nitrogens with one attached hydrogen (secondary N) is 1. The van der Waals surface area contributed by atoms with Crippen LogP contribution in [0.4, 0.5) is 0 Å². The molecule has 108 valence electrons. The lowest BCUT2D eigenvalue weighted by atomic mass is 9.82. The zero-order valence-corrected chi connectivity index (χ0v) is 12.7. The Morgan fingerprint density at radius 2 is 2.16 bits per heavy atom. The molecule has 0 aromatic carbocycles. The molecule has 1 amide bonds. The van der Waals surface area contributed by atoms with Crippen LogP contribution in [0.5, 0.6) is 5.75 Å². The minimum absolute atomic E-state index is 0. The van der Waals surface area contributed by atoms with Crippen LogP contribution in [0.1, 0.15) is 41.8 Å². The first-order valence-electron chi connectivity index (χ1n) is 6.33. The Morgan fingerprint density at radius 1 is 1.47 bits per heavy atom. The number of hydrogen-bond acceptors (Lipinski definition) is 4. The van der Waals surface area contributed by atoms with Gasteiger partial charge in [-0.15, -0.1) is 23.7 Å². The van der Waals surface area contributed by atoms with Gasteiger partial charge in [0.1, 0.15) is 10.6 Å². The van der Waals surface area contributed by atoms with E-state index in [-0.39, 0.29) is 23.9 Å². The van der Waals surface area contributed by atoms with Crippen LogP contribution in [0.15, 0.2) is 11.4 Å². The summed E-state index contributed by atoms with van der Waals surface area (Å²) in [5.74, 6) is 0.546. The molecule has 6 heteroatoms. The Hall–Kier alpha value is -0.780. The second-order valence-electron chi connectivity index (χ2n) is 4.92. The van der Waals surface area contributed by atoms with Crippen molar-refractivity contribution in [1.82, 2.24) is 5.32 Å². The van der Waals surface area contributed by atoms with Crippen LogP contribution in [0.3, 0.4) is 0 Å². The highest BCUT2D eigenvalue weighted by Gasteiger charge is 2.28. The minimum Gasteiger partial charge on any atom is -0.495 e. The van der Waals surface area contributed by atoms with Crippen molar-refractivity contribution in [2.24, 2.45) is 5.73 Å². The molecule has 2 rings (SSSR count). The molecule has 0 radical (unpaired) electrons. The number of hydrogen-bond donors (Lipinski definition) is 2. The summed E-state index contributed by atoms with van der Waals surface area (Å²) in [5, 5.41) is 4.79. The van der Waals surface area contributed by atoms with Crippen LogP contribution in [0.2, 0.25) is 0 Å². The lowest BCUT2D eigenvalue weighted by molar-refractivity contribution is 0.0939. The summed E-state index contributed by atoms with van der Waals surface area (Å²) in [6.45, 7) is 0.548. The van der Waals surface area contributed by atoms with Gasteiger partial charge < -0.3 is 15.8 Å². The Kier molecular flexibility index (Phi) is 6.10. The summed E-state index contributed by atoms with van der Waals surface area (Å²) in [4.78, 5) is 12.7. The Bertz CT molecular complexity index is 417. The van der Waals surface area contributed by atoms with Gasteiger partial charge in [0.2, 0.25) is 0 Å². The fourth-order valence-corrected chi connectivity index (χ4v) is 3.17. The largest absolute Gasteiger partial charge is 0.495 e. The zero-order valence-electron chi connectivity index (χ0n) is 11.1. The van der Waals surface area contributed by atoms with Crippen molar-refractivity contribution in [2.75, 3.05) is 13.7 Å². The molecule has 1 aromatic rings. The number of carbonyl (C=O) groups excluding carboxylic acids is 1. The quantitative estimate of drug-likeness (QED) is 0.898. The minimum atomic E-state index is -0.224. The number of amides is 1. The van der Waals surface area contributed by atoms with Gasteiger partial charge in [0.15, 0.2) is 0 Å². The van der Waals surface area contributed by atoms with Crippen LogP contribution in [0.25, 0.3) is 0 Å². The lowest BCUT2D eigenvalue weighted by Crippen LogP contribution is -2.51. The van der Waals surface area contributed by atoms with Gasteiger partial charge in [-0.25, -0.2) is 0 Å². The van der Waals surface area contributed by atoms with Gasteiger partial charge in [-0.3, -0.25) is 4.79 Å². The molecule has 1 aliphatic carbocycles. The Morgan fingerprint density at radius 3 is 2.79 bits per heavy atom. The average Bonchev–Trinajstić information content (AvgIpc) is 2.85. The molecular formula is C13H21ClN2O2S. The molecule has 1 fully saturated rings. The third-order valence-electron chi connectivity index (χ3n) is 3.51. The molecule has 0 aliphatic heterocycles. The van der Waals surface area contributed by atoms with Crippen LogP contribution >= 0.6 is 23.7 Å². The van der Waals surface area contributed by atoms with Gasteiger partial charge in [0.05, 0.1) is 7.11 Å². The molecule has 0 unspecified atom stereocenters. The summed E-state index contributed by atoms with van der Waals surface area (Å²) >= 11 is 1.39. The molecule has 1 heterocycles. The highest BCUT2D eigenvalue weighted by atomic mass is 35.5. The van der Waals surface area contributed by atoms with E-state index in [4.69, 9.17) is 10.5 Å². The average molecular weight is 305 g/mol. The Balaban J connectivity index is 0.00000180. The van der Waals surface area contributed by atoms with E-state index in [1.165, 1.54) is 17.8 Å². The molecule has 0 atom stereocenters. The molecule has 1 aromatic heterocycles. The van der Waals surface area contributed by atoms with E-state index in [1.54, 1.807) is 13.2 Å². The fourth-order valence-electron chi connectivity index (χ4n) is 2.39. The zero-order chi connectivity index (χ0) is 13.0. The monoisotopic (exact) mass is 304 g/mol. The van der Waals surface area contributed by atoms with Crippen molar-refractivity contribution in [1.29, 1.82) is 0 Å². The molecule has 19 heavy (non-hydrogen) atoms. The van der Waals surface area contributed by atoms with Gasteiger partial charge >= 0.3 is 0 Å². The summed E-state index contributed by atoms with van der Waals surface area (Å²) in [7, 11) is 1.57. The normalized spacial score (nSPS) is 17.4.